The van der Waals surface area contributed by atoms with E-state index in [4.69, 9.17) is 5.73 Å². The zero-order valence-electron chi connectivity index (χ0n) is 8.46. The molecule has 1 aliphatic carbocycles. The first-order chi connectivity index (χ1) is 6.68. The van der Waals surface area contributed by atoms with Gasteiger partial charge in [-0.05, 0) is 37.3 Å². The highest BCUT2D eigenvalue weighted by Crippen LogP contribution is 2.36. The minimum atomic E-state index is -0.149. The third-order valence-corrected chi connectivity index (χ3v) is 3.17. The molecule has 1 fully saturated rings. The van der Waals surface area contributed by atoms with Crippen LogP contribution >= 0.6 is 0 Å². The molecule has 1 saturated carbocycles. The highest BCUT2D eigenvalue weighted by Gasteiger charge is 2.27. The lowest BCUT2D eigenvalue weighted by Gasteiger charge is -2.31. The molecule has 0 radical (unpaired) electrons. The summed E-state index contributed by atoms with van der Waals surface area (Å²) in [7, 11) is 0. The van der Waals surface area contributed by atoms with Gasteiger partial charge in [-0.15, -0.1) is 0 Å². The van der Waals surface area contributed by atoms with Crippen LogP contribution in [-0.2, 0) is 0 Å². The Morgan fingerprint density at radius 3 is 2.64 bits per heavy atom. The van der Waals surface area contributed by atoms with Gasteiger partial charge >= 0.3 is 0 Å². The monoisotopic (exact) mass is 193 g/mol. The minimum Gasteiger partial charge on any atom is -0.324 e. The number of aryl methyl sites for hydroxylation is 1. The van der Waals surface area contributed by atoms with E-state index in [1.165, 1.54) is 6.42 Å². The van der Waals surface area contributed by atoms with Crippen LogP contribution in [0.15, 0.2) is 18.2 Å². The molecule has 1 aromatic carbocycles. The molecule has 1 aromatic rings. The van der Waals surface area contributed by atoms with E-state index in [0.29, 0.717) is 11.5 Å². The van der Waals surface area contributed by atoms with Gasteiger partial charge in [-0.3, -0.25) is 0 Å². The van der Waals surface area contributed by atoms with Crippen LogP contribution in [-0.4, -0.2) is 0 Å². The molecule has 14 heavy (non-hydrogen) atoms. The Kier molecular flexibility index (Phi) is 2.55. The molecule has 0 saturated heterocycles. The molecule has 0 spiro atoms. The fourth-order valence-corrected chi connectivity index (χ4v) is 1.96. The first-order valence-corrected chi connectivity index (χ1v) is 5.20. The van der Waals surface area contributed by atoms with Gasteiger partial charge in [-0.25, -0.2) is 4.39 Å². The van der Waals surface area contributed by atoms with Gasteiger partial charge < -0.3 is 5.73 Å². The van der Waals surface area contributed by atoms with Crippen LogP contribution < -0.4 is 5.73 Å². The van der Waals surface area contributed by atoms with Crippen LogP contribution in [0.4, 0.5) is 4.39 Å². The van der Waals surface area contributed by atoms with Gasteiger partial charge in [0.2, 0.25) is 0 Å². The van der Waals surface area contributed by atoms with E-state index in [1.54, 1.807) is 6.07 Å². The van der Waals surface area contributed by atoms with Crippen molar-refractivity contribution in [2.75, 3.05) is 0 Å². The highest BCUT2D eigenvalue weighted by atomic mass is 19.1. The van der Waals surface area contributed by atoms with Crippen molar-refractivity contribution in [1.82, 2.24) is 0 Å². The van der Waals surface area contributed by atoms with E-state index < -0.39 is 0 Å². The fraction of sp³-hybridized carbons (Fsp3) is 0.500. The average Bonchev–Trinajstić information content (AvgIpc) is 2.00. The summed E-state index contributed by atoms with van der Waals surface area (Å²) in [5.41, 5.74) is 7.64. The molecule has 0 bridgehead atoms. The Bertz CT molecular complexity index is 331. The molecule has 2 heteroatoms. The van der Waals surface area contributed by atoms with Crippen LogP contribution in [0.25, 0.3) is 0 Å². The predicted molar refractivity (Wildman–Crippen MR) is 55.4 cm³/mol. The third-order valence-electron chi connectivity index (χ3n) is 3.17. The molecule has 0 unspecified atom stereocenters. The van der Waals surface area contributed by atoms with Crippen molar-refractivity contribution in [3.05, 3.63) is 35.1 Å². The second-order valence-corrected chi connectivity index (χ2v) is 4.24. The summed E-state index contributed by atoms with van der Waals surface area (Å²) in [6.45, 7) is 1.89. The van der Waals surface area contributed by atoms with E-state index >= 15 is 0 Å². The molecule has 0 aromatic heterocycles. The number of rotatable bonds is 2. The lowest BCUT2D eigenvalue weighted by atomic mass is 9.77. The van der Waals surface area contributed by atoms with Crippen molar-refractivity contribution in [1.29, 1.82) is 0 Å². The summed E-state index contributed by atoms with van der Waals surface area (Å²) in [6, 6.07) is 5.21. The molecular formula is C12H16FN. The van der Waals surface area contributed by atoms with Crippen LogP contribution in [0.5, 0.6) is 0 Å². The molecular weight excluding hydrogens is 177 g/mol. The topological polar surface area (TPSA) is 26.0 Å². The number of nitrogens with two attached hydrogens (primary N) is 1. The summed E-state index contributed by atoms with van der Waals surface area (Å²) < 4.78 is 13.5. The molecule has 0 amide bonds. The van der Waals surface area contributed by atoms with Crippen molar-refractivity contribution in [3.8, 4) is 0 Å². The molecule has 76 valence electrons. The Balaban J connectivity index is 2.22. The normalized spacial score (nSPS) is 19.1. The van der Waals surface area contributed by atoms with Gasteiger partial charge in [0.25, 0.3) is 0 Å². The van der Waals surface area contributed by atoms with Gasteiger partial charge in [-0.2, -0.15) is 0 Å². The van der Waals surface area contributed by atoms with Crippen molar-refractivity contribution >= 4 is 0 Å². The van der Waals surface area contributed by atoms with Gasteiger partial charge in [0, 0.05) is 11.6 Å². The lowest BCUT2D eigenvalue weighted by molar-refractivity contribution is 0.260. The molecule has 2 rings (SSSR count). The third kappa shape index (κ3) is 1.67. The summed E-state index contributed by atoms with van der Waals surface area (Å²) in [4.78, 5) is 0. The number of hydrogen-bond acceptors (Lipinski definition) is 1. The SMILES string of the molecule is Cc1ccc([C@@H](N)C2CCC2)c(F)c1. The summed E-state index contributed by atoms with van der Waals surface area (Å²) in [5.74, 6) is 0.344. The summed E-state index contributed by atoms with van der Waals surface area (Å²) >= 11 is 0. The maximum Gasteiger partial charge on any atom is 0.128 e. The Morgan fingerprint density at radius 2 is 2.14 bits per heavy atom. The van der Waals surface area contributed by atoms with E-state index in [1.807, 2.05) is 19.1 Å². The zero-order valence-corrected chi connectivity index (χ0v) is 8.46. The summed E-state index contributed by atoms with van der Waals surface area (Å²) in [6.07, 6.45) is 3.54. The van der Waals surface area contributed by atoms with Crippen molar-refractivity contribution in [2.24, 2.45) is 11.7 Å². The predicted octanol–water partition coefficient (Wildman–Crippen LogP) is 2.93. The minimum absolute atomic E-state index is 0.107. The molecule has 2 N–H and O–H groups in total. The van der Waals surface area contributed by atoms with Gasteiger partial charge in [0.15, 0.2) is 0 Å². The highest BCUT2D eigenvalue weighted by molar-refractivity contribution is 5.26. The van der Waals surface area contributed by atoms with Gasteiger partial charge in [0.05, 0.1) is 0 Å². The second-order valence-electron chi connectivity index (χ2n) is 4.24. The fourth-order valence-electron chi connectivity index (χ4n) is 1.96. The molecule has 1 atom stereocenters. The van der Waals surface area contributed by atoms with Crippen LogP contribution in [0.2, 0.25) is 0 Å². The van der Waals surface area contributed by atoms with E-state index in [9.17, 15) is 4.39 Å². The Labute approximate surface area is 84.1 Å². The Morgan fingerprint density at radius 1 is 1.43 bits per heavy atom. The maximum absolute atomic E-state index is 13.5. The first-order valence-electron chi connectivity index (χ1n) is 5.20. The standard InChI is InChI=1S/C12H16FN/c1-8-5-6-10(11(13)7-8)12(14)9-3-2-4-9/h5-7,9,12H,2-4,14H2,1H3/t12-/m0/s1. The average molecular weight is 193 g/mol. The van der Waals surface area contributed by atoms with Crippen LogP contribution in [0.1, 0.15) is 36.4 Å². The smallest absolute Gasteiger partial charge is 0.128 e. The van der Waals surface area contributed by atoms with E-state index in [-0.39, 0.29) is 11.9 Å². The Hall–Kier alpha value is -0.890. The van der Waals surface area contributed by atoms with Gasteiger partial charge in [-0.1, -0.05) is 18.6 Å². The molecule has 0 heterocycles. The second kappa shape index (κ2) is 3.70. The van der Waals surface area contributed by atoms with E-state index in [2.05, 4.69) is 0 Å². The molecule has 0 aliphatic heterocycles. The molecule has 1 nitrogen and oxygen atoms in total. The quantitative estimate of drug-likeness (QED) is 0.767. The van der Waals surface area contributed by atoms with E-state index in [0.717, 1.165) is 18.4 Å². The van der Waals surface area contributed by atoms with Crippen molar-refractivity contribution < 1.29 is 4.39 Å². The van der Waals surface area contributed by atoms with Crippen LogP contribution in [0.3, 0.4) is 0 Å². The van der Waals surface area contributed by atoms with Crippen molar-refractivity contribution in [2.45, 2.75) is 32.2 Å². The lowest BCUT2D eigenvalue weighted by Crippen LogP contribution is -2.27. The first kappa shape index (κ1) is 9.66. The number of benzene rings is 1. The number of hydrogen-bond donors (Lipinski definition) is 1. The van der Waals surface area contributed by atoms with Gasteiger partial charge in [0.1, 0.15) is 5.82 Å². The van der Waals surface area contributed by atoms with Crippen molar-refractivity contribution in [3.63, 3.8) is 0 Å². The van der Waals surface area contributed by atoms with Crippen LogP contribution in [0, 0.1) is 18.7 Å². The number of halogens is 1. The maximum atomic E-state index is 13.5. The largest absolute Gasteiger partial charge is 0.324 e. The zero-order chi connectivity index (χ0) is 10.1. The summed E-state index contributed by atoms with van der Waals surface area (Å²) in [5, 5.41) is 0. The molecule has 1 aliphatic rings.